The molecular weight excluding hydrogens is 256 g/mol. The monoisotopic (exact) mass is 272 g/mol. The third kappa shape index (κ3) is 3.55. The number of Topliss-reactive ketones (excluding diaryl/α,β-unsaturated/α-hetero) is 1. The fourth-order valence-corrected chi connectivity index (χ4v) is 1.72. The molecule has 1 N–H and O–H groups in total. The molecule has 0 fully saturated rings. The predicted octanol–water partition coefficient (Wildman–Crippen LogP) is 2.28. The van der Waals surface area contributed by atoms with Crippen LogP contribution >= 0.6 is 0 Å². The van der Waals surface area contributed by atoms with E-state index in [0.717, 1.165) is 0 Å². The molecule has 1 amide bonds. The van der Waals surface area contributed by atoms with Gasteiger partial charge in [-0.2, -0.15) is 0 Å². The lowest BCUT2D eigenvalue weighted by Gasteiger charge is -2.09. The number of nitrogens with zero attached hydrogens (tertiary/aromatic N) is 1. The fraction of sp³-hybridized carbons (Fsp3) is 0.200. The molecule has 0 aliphatic heterocycles. The number of carbonyl (C=O) groups excluding carboxylic acids is 2. The van der Waals surface area contributed by atoms with E-state index in [2.05, 4.69) is 5.32 Å². The quantitative estimate of drug-likeness (QED) is 0.848. The third-order valence-electron chi connectivity index (χ3n) is 2.67. The smallest absolute Gasteiger partial charge is 0.291 e. The van der Waals surface area contributed by atoms with Gasteiger partial charge in [-0.05, 0) is 50.5 Å². The second kappa shape index (κ2) is 6.16. The van der Waals surface area contributed by atoms with Gasteiger partial charge in [0.15, 0.2) is 11.5 Å². The highest BCUT2D eigenvalue weighted by atomic mass is 16.3. The number of nitrogens with one attached hydrogen (secondary N) is 1. The SMILES string of the molecule is CN(C)CC(=O)c1ccc(NC(=O)c2ccco2)cc1. The van der Waals surface area contributed by atoms with Gasteiger partial charge in [-0.25, -0.2) is 0 Å². The minimum absolute atomic E-state index is 0.0407. The van der Waals surface area contributed by atoms with Gasteiger partial charge in [-0.3, -0.25) is 9.59 Å². The predicted molar refractivity (Wildman–Crippen MR) is 76.0 cm³/mol. The molecule has 5 heteroatoms. The Labute approximate surface area is 117 Å². The summed E-state index contributed by atoms with van der Waals surface area (Å²) in [5.74, 6) is -0.0287. The summed E-state index contributed by atoms with van der Waals surface area (Å²) in [6.07, 6.45) is 1.44. The van der Waals surface area contributed by atoms with Crippen molar-refractivity contribution in [2.24, 2.45) is 0 Å². The lowest BCUT2D eigenvalue weighted by Crippen LogP contribution is -2.21. The van der Waals surface area contributed by atoms with Crippen molar-refractivity contribution in [3.8, 4) is 0 Å². The molecule has 0 bridgehead atoms. The van der Waals surface area contributed by atoms with Crippen LogP contribution in [0.25, 0.3) is 0 Å². The lowest BCUT2D eigenvalue weighted by atomic mass is 10.1. The van der Waals surface area contributed by atoms with Crippen LogP contribution in [0.5, 0.6) is 0 Å². The van der Waals surface area contributed by atoms with Gasteiger partial charge in [-0.15, -0.1) is 0 Å². The molecule has 0 spiro atoms. The van der Waals surface area contributed by atoms with Gasteiger partial charge in [-0.1, -0.05) is 0 Å². The van der Waals surface area contributed by atoms with Gasteiger partial charge in [0.05, 0.1) is 12.8 Å². The van der Waals surface area contributed by atoms with Gasteiger partial charge in [0.25, 0.3) is 5.91 Å². The van der Waals surface area contributed by atoms with Crippen molar-refractivity contribution in [3.05, 3.63) is 54.0 Å². The third-order valence-corrected chi connectivity index (χ3v) is 2.67. The van der Waals surface area contributed by atoms with E-state index in [4.69, 9.17) is 4.42 Å². The molecule has 2 rings (SSSR count). The van der Waals surface area contributed by atoms with Crippen molar-refractivity contribution in [3.63, 3.8) is 0 Å². The molecule has 20 heavy (non-hydrogen) atoms. The summed E-state index contributed by atoms with van der Waals surface area (Å²) in [7, 11) is 3.69. The molecule has 2 aromatic rings. The number of hydrogen-bond acceptors (Lipinski definition) is 4. The molecule has 0 aliphatic rings. The maximum atomic E-state index is 11.8. The van der Waals surface area contributed by atoms with Gasteiger partial charge < -0.3 is 14.6 Å². The number of anilines is 1. The lowest BCUT2D eigenvalue weighted by molar-refractivity contribution is 0.0957. The molecule has 104 valence electrons. The maximum absolute atomic E-state index is 11.8. The van der Waals surface area contributed by atoms with Crippen LogP contribution in [0.4, 0.5) is 5.69 Å². The number of furan rings is 1. The highest BCUT2D eigenvalue weighted by Gasteiger charge is 2.10. The second-order valence-corrected chi connectivity index (χ2v) is 4.67. The summed E-state index contributed by atoms with van der Waals surface area (Å²) in [5, 5.41) is 2.70. The first-order chi connectivity index (χ1) is 9.56. The fourth-order valence-electron chi connectivity index (χ4n) is 1.72. The van der Waals surface area contributed by atoms with E-state index < -0.39 is 0 Å². The van der Waals surface area contributed by atoms with E-state index in [1.165, 1.54) is 6.26 Å². The standard InChI is InChI=1S/C15H16N2O3/c1-17(2)10-13(18)11-5-7-12(8-6-11)16-15(19)14-4-3-9-20-14/h3-9H,10H2,1-2H3,(H,16,19). The molecule has 0 atom stereocenters. The number of hydrogen-bond donors (Lipinski definition) is 1. The summed E-state index contributed by atoms with van der Waals surface area (Å²) in [6, 6.07) is 10.0. The zero-order valence-electron chi connectivity index (χ0n) is 11.4. The molecule has 1 heterocycles. The van der Waals surface area contributed by atoms with Crippen LogP contribution in [-0.2, 0) is 0 Å². The number of benzene rings is 1. The number of carbonyl (C=O) groups is 2. The van der Waals surface area contributed by atoms with Crippen LogP contribution in [0.15, 0.2) is 47.1 Å². The summed E-state index contributed by atoms with van der Waals surface area (Å²) >= 11 is 0. The highest BCUT2D eigenvalue weighted by Crippen LogP contribution is 2.12. The Hall–Kier alpha value is -2.40. The van der Waals surface area contributed by atoms with E-state index in [1.54, 1.807) is 36.4 Å². The van der Waals surface area contributed by atoms with Crippen molar-refractivity contribution in [2.75, 3.05) is 26.0 Å². The molecule has 0 unspecified atom stereocenters. The molecule has 1 aromatic carbocycles. The number of ketones is 1. The van der Waals surface area contributed by atoms with Crippen molar-refractivity contribution < 1.29 is 14.0 Å². The Balaban J connectivity index is 2.01. The van der Waals surface area contributed by atoms with Crippen LogP contribution < -0.4 is 5.32 Å². The summed E-state index contributed by atoms with van der Waals surface area (Å²) < 4.78 is 5.00. The molecule has 0 saturated heterocycles. The molecule has 0 saturated carbocycles. The summed E-state index contributed by atoms with van der Waals surface area (Å²) in [4.78, 5) is 25.4. The van der Waals surface area contributed by atoms with Crippen LogP contribution in [0.1, 0.15) is 20.9 Å². The van der Waals surface area contributed by atoms with E-state index in [-0.39, 0.29) is 17.5 Å². The molecule has 5 nitrogen and oxygen atoms in total. The Bertz CT molecular complexity index is 586. The van der Waals surface area contributed by atoms with Crippen LogP contribution in [0, 0.1) is 0 Å². The molecular formula is C15H16N2O3. The summed E-state index contributed by atoms with van der Waals surface area (Å²) in [6.45, 7) is 0.359. The Morgan fingerprint density at radius 3 is 2.40 bits per heavy atom. The molecule has 0 radical (unpaired) electrons. The average Bonchev–Trinajstić information content (AvgIpc) is 2.92. The Morgan fingerprint density at radius 1 is 1.15 bits per heavy atom. The zero-order valence-corrected chi connectivity index (χ0v) is 11.4. The van der Waals surface area contributed by atoms with Gasteiger partial charge >= 0.3 is 0 Å². The van der Waals surface area contributed by atoms with E-state index in [1.807, 2.05) is 19.0 Å². The van der Waals surface area contributed by atoms with Gasteiger partial charge in [0, 0.05) is 11.3 Å². The first kappa shape index (κ1) is 14.0. The van der Waals surface area contributed by atoms with Crippen molar-refractivity contribution >= 4 is 17.4 Å². The van der Waals surface area contributed by atoms with Gasteiger partial charge in [0.1, 0.15) is 0 Å². The molecule has 1 aromatic heterocycles. The maximum Gasteiger partial charge on any atom is 0.291 e. The topological polar surface area (TPSA) is 62.6 Å². The van der Waals surface area contributed by atoms with Crippen molar-refractivity contribution in [1.29, 1.82) is 0 Å². The van der Waals surface area contributed by atoms with Crippen LogP contribution in [0.2, 0.25) is 0 Å². The number of amides is 1. The first-order valence-corrected chi connectivity index (χ1v) is 6.19. The van der Waals surface area contributed by atoms with Crippen molar-refractivity contribution in [2.45, 2.75) is 0 Å². The summed E-state index contributed by atoms with van der Waals surface area (Å²) in [5.41, 5.74) is 1.24. The van der Waals surface area contributed by atoms with E-state index in [0.29, 0.717) is 17.8 Å². The van der Waals surface area contributed by atoms with Crippen LogP contribution in [0.3, 0.4) is 0 Å². The first-order valence-electron chi connectivity index (χ1n) is 6.19. The molecule has 0 aliphatic carbocycles. The average molecular weight is 272 g/mol. The largest absolute Gasteiger partial charge is 0.459 e. The number of likely N-dealkylation sites (N-methyl/N-ethyl adjacent to an activating group) is 1. The second-order valence-electron chi connectivity index (χ2n) is 4.67. The zero-order chi connectivity index (χ0) is 14.5. The van der Waals surface area contributed by atoms with E-state index >= 15 is 0 Å². The van der Waals surface area contributed by atoms with E-state index in [9.17, 15) is 9.59 Å². The highest BCUT2D eigenvalue weighted by molar-refractivity contribution is 6.03. The normalized spacial score (nSPS) is 10.6. The van der Waals surface area contributed by atoms with Crippen molar-refractivity contribution in [1.82, 2.24) is 4.90 Å². The Kier molecular flexibility index (Phi) is 4.32. The van der Waals surface area contributed by atoms with Gasteiger partial charge in [0.2, 0.25) is 0 Å². The van der Waals surface area contributed by atoms with Crippen LogP contribution in [-0.4, -0.2) is 37.2 Å². The Morgan fingerprint density at radius 2 is 1.85 bits per heavy atom. The number of rotatable bonds is 5. The minimum Gasteiger partial charge on any atom is -0.459 e. The minimum atomic E-state index is -0.317.